The van der Waals surface area contributed by atoms with E-state index in [0.717, 1.165) is 0 Å². The van der Waals surface area contributed by atoms with Gasteiger partial charge in [-0.05, 0) is 60.0 Å². The topological polar surface area (TPSA) is 130 Å². The quantitative estimate of drug-likeness (QED) is 0.200. The van der Waals surface area contributed by atoms with Crippen molar-refractivity contribution in [1.82, 2.24) is 4.90 Å². The lowest BCUT2D eigenvalue weighted by molar-refractivity contribution is -0.121. The lowest BCUT2D eigenvalue weighted by Crippen LogP contribution is -2.40. The van der Waals surface area contributed by atoms with Crippen LogP contribution in [0.3, 0.4) is 0 Å². The lowest BCUT2D eigenvalue weighted by Gasteiger charge is -2.30. The van der Waals surface area contributed by atoms with Crippen LogP contribution in [0.4, 0.5) is 10.5 Å². The highest BCUT2D eigenvalue weighted by Gasteiger charge is 2.38. The number of hydrazone groups is 1. The summed E-state index contributed by atoms with van der Waals surface area (Å²) in [6.45, 7) is 1.30. The molecule has 0 aliphatic rings. The van der Waals surface area contributed by atoms with Crippen molar-refractivity contribution in [2.45, 2.75) is 12.3 Å². The smallest absolute Gasteiger partial charge is 0.414 e. The Morgan fingerprint density at radius 1 is 0.973 bits per heavy atom. The van der Waals surface area contributed by atoms with Gasteiger partial charge in [-0.25, -0.2) is 9.69 Å². The van der Waals surface area contributed by atoms with Crippen LogP contribution in [0.5, 0.6) is 0 Å². The number of hydrogen-bond acceptors (Lipinski definition) is 6. The minimum absolute atomic E-state index is 0.152. The molecule has 0 fully saturated rings. The highest BCUT2D eigenvalue weighted by atomic mass is 35.5. The number of carboxylic acid groups (broad SMARTS) is 1. The second-order valence-electron chi connectivity index (χ2n) is 7.59. The zero-order valence-electron chi connectivity index (χ0n) is 19.2. The van der Waals surface area contributed by atoms with E-state index in [0.29, 0.717) is 37.3 Å². The third-order valence-corrected chi connectivity index (χ3v) is 6.31. The number of amides is 2. The molecule has 37 heavy (non-hydrogen) atoms. The number of imide groups is 1. The first-order chi connectivity index (χ1) is 17.7. The predicted octanol–water partition coefficient (Wildman–Crippen LogP) is 6.32. The van der Waals surface area contributed by atoms with Crippen molar-refractivity contribution >= 4 is 58.2 Å². The third-order valence-electron chi connectivity index (χ3n) is 5.49. The highest BCUT2D eigenvalue weighted by Crippen LogP contribution is 2.43. The first-order valence-electron chi connectivity index (χ1n) is 10.7. The summed E-state index contributed by atoms with van der Waals surface area (Å²) in [5, 5.41) is 33.9. The van der Waals surface area contributed by atoms with Crippen LogP contribution in [0.1, 0.15) is 23.6 Å². The first-order valence-corrected chi connectivity index (χ1v) is 11.8. The summed E-state index contributed by atoms with van der Waals surface area (Å²) in [5.41, 5.74) is 2.56. The molecule has 0 bridgehead atoms. The van der Waals surface area contributed by atoms with Crippen LogP contribution in [-0.4, -0.2) is 34.3 Å². The summed E-state index contributed by atoms with van der Waals surface area (Å²) in [4.78, 5) is 24.0. The highest BCUT2D eigenvalue weighted by molar-refractivity contribution is 6.46. The fourth-order valence-electron chi connectivity index (χ4n) is 3.69. The van der Waals surface area contributed by atoms with Crippen molar-refractivity contribution < 1.29 is 14.7 Å². The van der Waals surface area contributed by atoms with Gasteiger partial charge in [-0.2, -0.15) is 15.6 Å². The van der Waals surface area contributed by atoms with Crippen molar-refractivity contribution in [2.24, 2.45) is 5.10 Å². The molecule has 8 nitrogen and oxygen atoms in total. The molecule has 186 valence electrons. The molecule has 3 aromatic rings. The minimum Gasteiger partial charge on any atom is -0.465 e. The Morgan fingerprint density at radius 3 is 1.92 bits per heavy atom. The number of nitriles is 2. The number of carbonyl (C=O) groups excluding carboxylic acids is 1. The van der Waals surface area contributed by atoms with Crippen molar-refractivity contribution in [3.8, 4) is 12.1 Å². The summed E-state index contributed by atoms with van der Waals surface area (Å²) < 4.78 is 0. The fourth-order valence-corrected chi connectivity index (χ4v) is 4.26. The Morgan fingerprint density at radius 2 is 1.51 bits per heavy atom. The average Bonchev–Trinajstić information content (AvgIpc) is 2.88. The molecule has 0 unspecified atom stereocenters. The Kier molecular flexibility index (Phi) is 8.75. The maximum absolute atomic E-state index is 12.3. The molecular formula is C26H18Cl3N5O3. The monoisotopic (exact) mass is 553 g/mol. The number of hydrogen-bond donors (Lipinski definition) is 2. The standard InChI is InChI=1S/C26H18Cl3N5O3/c1-2-34(25(36)37)24(35)23(14-30)33-32-20-11-12-21(22(29)13-20)26(15-31,16-3-7-18(27)8-4-16)17-5-9-19(28)10-6-17/h3-13,32H,2H2,1H3,(H,36,37)/b33-23+. The van der Waals surface area contributed by atoms with E-state index >= 15 is 0 Å². The van der Waals surface area contributed by atoms with Crippen LogP contribution < -0.4 is 5.43 Å². The molecule has 0 atom stereocenters. The molecule has 3 rings (SSSR count). The Bertz CT molecular complexity index is 1400. The fraction of sp³-hybridized carbons (Fsp3) is 0.115. The van der Waals surface area contributed by atoms with Crippen molar-refractivity contribution in [1.29, 1.82) is 10.5 Å². The normalized spacial score (nSPS) is 11.2. The zero-order valence-corrected chi connectivity index (χ0v) is 21.5. The van der Waals surface area contributed by atoms with E-state index in [4.69, 9.17) is 39.9 Å². The number of rotatable bonds is 7. The van der Waals surface area contributed by atoms with E-state index in [1.165, 1.54) is 13.0 Å². The van der Waals surface area contributed by atoms with Gasteiger partial charge in [-0.15, -0.1) is 0 Å². The van der Waals surface area contributed by atoms with E-state index in [-0.39, 0.29) is 11.6 Å². The van der Waals surface area contributed by atoms with Crippen LogP contribution >= 0.6 is 34.8 Å². The molecule has 0 saturated heterocycles. The average molecular weight is 555 g/mol. The Labute approximate surface area is 227 Å². The van der Waals surface area contributed by atoms with Crippen LogP contribution in [0.2, 0.25) is 15.1 Å². The molecule has 0 aliphatic heterocycles. The maximum Gasteiger partial charge on any atom is 0.414 e. The molecule has 0 aromatic heterocycles. The molecule has 0 spiro atoms. The lowest BCUT2D eigenvalue weighted by atomic mass is 9.70. The number of nitrogens with zero attached hydrogens (tertiary/aromatic N) is 4. The second kappa shape index (κ2) is 11.8. The summed E-state index contributed by atoms with van der Waals surface area (Å²) in [6.07, 6.45) is -1.50. The van der Waals surface area contributed by atoms with E-state index in [1.807, 2.05) is 0 Å². The number of carbonyl (C=O) groups is 2. The largest absolute Gasteiger partial charge is 0.465 e. The van der Waals surface area contributed by atoms with Gasteiger partial charge >= 0.3 is 6.09 Å². The molecule has 2 N–H and O–H groups in total. The SMILES string of the molecule is CCN(C(=O)O)C(=O)/C(C#N)=N/Nc1ccc(C(C#N)(c2ccc(Cl)cc2)c2ccc(Cl)cc2)c(Cl)c1. The summed E-state index contributed by atoms with van der Waals surface area (Å²) in [5.74, 6) is -1.07. The Balaban J connectivity index is 2.07. The van der Waals surface area contributed by atoms with Gasteiger partial charge in [-0.3, -0.25) is 10.2 Å². The molecule has 0 aliphatic carbocycles. The molecule has 0 saturated carbocycles. The molecule has 11 heteroatoms. The maximum atomic E-state index is 12.3. The molecule has 0 heterocycles. The van der Waals surface area contributed by atoms with Crippen LogP contribution in [0, 0.1) is 22.7 Å². The second-order valence-corrected chi connectivity index (χ2v) is 8.87. The van der Waals surface area contributed by atoms with Crippen molar-refractivity contribution in [3.63, 3.8) is 0 Å². The van der Waals surface area contributed by atoms with E-state index in [9.17, 15) is 20.1 Å². The van der Waals surface area contributed by atoms with Gasteiger partial charge in [0.05, 0.1) is 11.8 Å². The molecule has 3 aromatic carbocycles. The van der Waals surface area contributed by atoms with Crippen LogP contribution in [0.25, 0.3) is 0 Å². The molecular weight excluding hydrogens is 537 g/mol. The number of anilines is 1. The molecule has 2 amide bonds. The molecule has 0 radical (unpaired) electrons. The zero-order chi connectivity index (χ0) is 27.2. The van der Waals surface area contributed by atoms with Gasteiger partial charge in [0.1, 0.15) is 11.5 Å². The minimum atomic E-state index is -1.50. The van der Waals surface area contributed by atoms with E-state index < -0.39 is 23.1 Å². The van der Waals surface area contributed by atoms with Gasteiger partial charge in [-0.1, -0.05) is 65.1 Å². The predicted molar refractivity (Wildman–Crippen MR) is 142 cm³/mol. The summed E-state index contributed by atoms with van der Waals surface area (Å²) in [7, 11) is 0. The van der Waals surface area contributed by atoms with Gasteiger partial charge < -0.3 is 5.11 Å². The van der Waals surface area contributed by atoms with Crippen LogP contribution in [-0.2, 0) is 10.2 Å². The van der Waals surface area contributed by atoms with Gasteiger partial charge in [0.2, 0.25) is 5.71 Å². The van der Waals surface area contributed by atoms with Gasteiger partial charge in [0.15, 0.2) is 0 Å². The number of halogens is 3. The van der Waals surface area contributed by atoms with Gasteiger partial charge in [0, 0.05) is 21.6 Å². The Hall–Kier alpha value is -4.08. The van der Waals surface area contributed by atoms with E-state index in [1.54, 1.807) is 66.7 Å². The summed E-state index contributed by atoms with van der Waals surface area (Å²) in [6, 6.07) is 22.3. The summed E-state index contributed by atoms with van der Waals surface area (Å²) >= 11 is 18.8. The van der Waals surface area contributed by atoms with Crippen molar-refractivity contribution in [2.75, 3.05) is 12.0 Å². The van der Waals surface area contributed by atoms with Gasteiger partial charge in [0.25, 0.3) is 5.91 Å². The number of benzene rings is 3. The van der Waals surface area contributed by atoms with Crippen molar-refractivity contribution in [3.05, 3.63) is 98.5 Å². The number of nitrogens with one attached hydrogen (secondary N) is 1. The third kappa shape index (κ3) is 5.68. The van der Waals surface area contributed by atoms with E-state index in [2.05, 4.69) is 16.6 Å². The van der Waals surface area contributed by atoms with Crippen LogP contribution in [0.15, 0.2) is 71.8 Å². The first kappa shape index (κ1) is 27.5.